The van der Waals surface area contributed by atoms with Crippen LogP contribution in [0.25, 0.3) is 0 Å². The number of ether oxygens (including phenoxy) is 2. The summed E-state index contributed by atoms with van der Waals surface area (Å²) in [6.07, 6.45) is 0.866. The van der Waals surface area contributed by atoms with Crippen LogP contribution in [-0.4, -0.2) is 18.6 Å². The first-order valence-corrected chi connectivity index (χ1v) is 10.8. The molecule has 4 rings (SSSR count). The second kappa shape index (κ2) is 9.41. The molecule has 0 fully saturated rings. The van der Waals surface area contributed by atoms with Gasteiger partial charge in [-0.15, -0.1) is 0 Å². The monoisotopic (exact) mass is 436 g/mol. The molecule has 1 heterocycles. The molecule has 3 aromatic rings. The number of fused-ring (bicyclic) bond motifs is 1. The SMILES string of the molecule is CCC1Oc2cccc(Oc3ccc(CCN)cc3)c2N(Cc2cccc(Cl)c2)C1=O. The Morgan fingerprint density at radius 1 is 1.06 bits per heavy atom. The molecule has 0 saturated heterocycles. The topological polar surface area (TPSA) is 64.8 Å². The number of amides is 1. The standard InChI is InChI=1S/C25H25ClN2O3/c1-2-21-25(29)28(16-18-5-3-6-19(26)15-18)24-22(7-4-8-23(24)31-21)30-20-11-9-17(10-12-20)13-14-27/h3-12,15,21H,2,13-14,16,27H2,1H3. The number of anilines is 1. The van der Waals surface area contributed by atoms with Gasteiger partial charge in [0.15, 0.2) is 11.9 Å². The summed E-state index contributed by atoms with van der Waals surface area (Å²) in [6.45, 7) is 2.92. The highest BCUT2D eigenvalue weighted by Crippen LogP contribution is 2.44. The third-order valence-corrected chi connectivity index (χ3v) is 5.46. The predicted molar refractivity (Wildman–Crippen MR) is 123 cm³/mol. The summed E-state index contributed by atoms with van der Waals surface area (Å²) in [5, 5.41) is 0.632. The number of halogens is 1. The van der Waals surface area contributed by atoms with E-state index < -0.39 is 6.10 Å². The van der Waals surface area contributed by atoms with Crippen LogP contribution in [0.5, 0.6) is 17.2 Å². The average molecular weight is 437 g/mol. The highest BCUT2D eigenvalue weighted by Gasteiger charge is 2.35. The lowest BCUT2D eigenvalue weighted by Gasteiger charge is -2.35. The molecule has 31 heavy (non-hydrogen) atoms. The van der Waals surface area contributed by atoms with Crippen molar-refractivity contribution in [1.29, 1.82) is 0 Å². The minimum Gasteiger partial charge on any atom is -0.478 e. The molecule has 0 aliphatic carbocycles. The van der Waals surface area contributed by atoms with Gasteiger partial charge < -0.3 is 15.2 Å². The average Bonchev–Trinajstić information content (AvgIpc) is 2.77. The molecule has 6 heteroatoms. The third-order valence-electron chi connectivity index (χ3n) is 5.23. The second-order valence-corrected chi connectivity index (χ2v) is 7.89. The van der Waals surface area contributed by atoms with Crippen LogP contribution < -0.4 is 20.1 Å². The molecule has 2 N–H and O–H groups in total. The summed E-state index contributed by atoms with van der Waals surface area (Å²) in [5.74, 6) is 1.78. The quantitative estimate of drug-likeness (QED) is 0.543. The van der Waals surface area contributed by atoms with Gasteiger partial charge in [0, 0.05) is 5.02 Å². The van der Waals surface area contributed by atoms with Gasteiger partial charge in [0.2, 0.25) is 0 Å². The Morgan fingerprint density at radius 2 is 1.84 bits per heavy atom. The number of hydrogen-bond acceptors (Lipinski definition) is 4. The predicted octanol–water partition coefficient (Wildman–Crippen LogP) is 5.34. The summed E-state index contributed by atoms with van der Waals surface area (Å²) in [4.78, 5) is 15.0. The largest absolute Gasteiger partial charge is 0.478 e. The molecular formula is C25H25ClN2O3. The van der Waals surface area contributed by atoms with E-state index in [2.05, 4.69) is 0 Å². The first kappa shape index (κ1) is 21.2. The smallest absolute Gasteiger partial charge is 0.268 e. The first-order chi connectivity index (χ1) is 15.1. The van der Waals surface area contributed by atoms with Gasteiger partial charge in [0.1, 0.15) is 17.2 Å². The molecule has 0 radical (unpaired) electrons. The van der Waals surface area contributed by atoms with Gasteiger partial charge in [-0.1, -0.05) is 48.9 Å². The summed E-state index contributed by atoms with van der Waals surface area (Å²) in [5.41, 5.74) is 8.34. The molecule has 1 unspecified atom stereocenters. The van der Waals surface area contributed by atoms with E-state index in [1.165, 1.54) is 0 Å². The number of benzene rings is 3. The Morgan fingerprint density at radius 3 is 2.55 bits per heavy atom. The molecule has 3 aromatic carbocycles. The third kappa shape index (κ3) is 4.68. The maximum atomic E-state index is 13.2. The molecule has 0 aromatic heterocycles. The van der Waals surface area contributed by atoms with Crippen molar-refractivity contribution in [3.8, 4) is 17.2 Å². The summed E-state index contributed by atoms with van der Waals surface area (Å²) >= 11 is 6.17. The zero-order valence-corrected chi connectivity index (χ0v) is 18.1. The van der Waals surface area contributed by atoms with E-state index in [9.17, 15) is 4.79 Å². The molecule has 1 aliphatic rings. The van der Waals surface area contributed by atoms with Crippen LogP contribution in [0.2, 0.25) is 5.02 Å². The van der Waals surface area contributed by atoms with Crippen LogP contribution in [0.1, 0.15) is 24.5 Å². The fourth-order valence-electron chi connectivity index (χ4n) is 3.68. The van der Waals surface area contributed by atoms with Gasteiger partial charge >= 0.3 is 0 Å². The number of carbonyl (C=O) groups excluding carboxylic acids is 1. The van der Waals surface area contributed by atoms with Crippen molar-refractivity contribution >= 4 is 23.2 Å². The van der Waals surface area contributed by atoms with Crippen molar-refractivity contribution in [1.82, 2.24) is 0 Å². The van der Waals surface area contributed by atoms with E-state index in [1.807, 2.05) is 73.7 Å². The summed E-state index contributed by atoms with van der Waals surface area (Å²) < 4.78 is 12.2. The lowest BCUT2D eigenvalue weighted by atomic mass is 10.1. The van der Waals surface area contributed by atoms with Crippen molar-refractivity contribution in [2.24, 2.45) is 5.73 Å². The van der Waals surface area contributed by atoms with Crippen LogP contribution in [0.4, 0.5) is 5.69 Å². The van der Waals surface area contributed by atoms with Crippen molar-refractivity contribution in [3.63, 3.8) is 0 Å². The maximum absolute atomic E-state index is 13.2. The van der Waals surface area contributed by atoms with Gasteiger partial charge in [-0.25, -0.2) is 0 Å². The molecule has 1 aliphatic heterocycles. The molecule has 0 saturated carbocycles. The zero-order chi connectivity index (χ0) is 21.8. The van der Waals surface area contributed by atoms with Crippen LogP contribution in [0.3, 0.4) is 0 Å². The second-order valence-electron chi connectivity index (χ2n) is 7.46. The van der Waals surface area contributed by atoms with E-state index in [1.54, 1.807) is 4.90 Å². The summed E-state index contributed by atoms with van der Waals surface area (Å²) in [7, 11) is 0. The lowest BCUT2D eigenvalue weighted by Crippen LogP contribution is -2.45. The van der Waals surface area contributed by atoms with Crippen LogP contribution in [0, 0.1) is 0 Å². The molecule has 1 atom stereocenters. The van der Waals surface area contributed by atoms with Crippen LogP contribution in [-0.2, 0) is 17.8 Å². The fraction of sp³-hybridized carbons (Fsp3) is 0.240. The van der Waals surface area contributed by atoms with Gasteiger partial charge in [0.05, 0.1) is 6.54 Å². The van der Waals surface area contributed by atoms with Crippen LogP contribution >= 0.6 is 11.6 Å². The number of rotatable bonds is 7. The Labute approximate surface area is 187 Å². The molecule has 0 spiro atoms. The number of nitrogens with zero attached hydrogens (tertiary/aromatic N) is 1. The van der Waals surface area contributed by atoms with Gasteiger partial charge in [-0.05, 0) is 66.9 Å². The molecule has 5 nitrogen and oxygen atoms in total. The van der Waals surface area contributed by atoms with Crippen molar-refractivity contribution in [2.45, 2.75) is 32.4 Å². The minimum atomic E-state index is -0.530. The lowest BCUT2D eigenvalue weighted by molar-refractivity contribution is -0.126. The Kier molecular flexibility index (Phi) is 6.44. The highest BCUT2D eigenvalue weighted by molar-refractivity contribution is 6.30. The summed E-state index contributed by atoms with van der Waals surface area (Å²) in [6, 6.07) is 20.9. The van der Waals surface area contributed by atoms with E-state index in [0.29, 0.717) is 47.5 Å². The Balaban J connectivity index is 1.70. The van der Waals surface area contributed by atoms with Crippen molar-refractivity contribution in [2.75, 3.05) is 11.4 Å². The van der Waals surface area contributed by atoms with Crippen LogP contribution in [0.15, 0.2) is 66.7 Å². The normalized spacial score (nSPS) is 15.4. The minimum absolute atomic E-state index is 0.0932. The van der Waals surface area contributed by atoms with Gasteiger partial charge in [-0.2, -0.15) is 0 Å². The van der Waals surface area contributed by atoms with E-state index in [-0.39, 0.29) is 5.91 Å². The Hall–Kier alpha value is -3.02. The maximum Gasteiger partial charge on any atom is 0.268 e. The number of carbonyl (C=O) groups is 1. The molecule has 1 amide bonds. The van der Waals surface area contributed by atoms with Gasteiger partial charge in [0.25, 0.3) is 5.91 Å². The number of para-hydroxylation sites is 1. The van der Waals surface area contributed by atoms with E-state index in [0.717, 1.165) is 17.5 Å². The van der Waals surface area contributed by atoms with Crippen molar-refractivity contribution in [3.05, 3.63) is 82.9 Å². The number of nitrogens with two attached hydrogens (primary N) is 1. The Bertz CT molecular complexity index is 1070. The van der Waals surface area contributed by atoms with E-state index >= 15 is 0 Å². The highest BCUT2D eigenvalue weighted by atomic mass is 35.5. The van der Waals surface area contributed by atoms with E-state index in [4.69, 9.17) is 26.8 Å². The first-order valence-electron chi connectivity index (χ1n) is 10.4. The fourth-order valence-corrected chi connectivity index (χ4v) is 3.90. The zero-order valence-electron chi connectivity index (χ0n) is 17.4. The number of hydrogen-bond donors (Lipinski definition) is 1. The molecule has 0 bridgehead atoms. The molecular weight excluding hydrogens is 412 g/mol. The van der Waals surface area contributed by atoms with Gasteiger partial charge in [-0.3, -0.25) is 9.69 Å². The molecule has 160 valence electrons. The van der Waals surface area contributed by atoms with Crippen molar-refractivity contribution < 1.29 is 14.3 Å².